The van der Waals surface area contributed by atoms with E-state index in [1.165, 1.54) is 27.1 Å². The Morgan fingerprint density at radius 3 is 2.32 bits per heavy atom. The molecule has 4 amide bonds. The van der Waals surface area contributed by atoms with Gasteiger partial charge >= 0.3 is 24.0 Å². The minimum Gasteiger partial charge on any atom is -0.467 e. The minimum atomic E-state index is -4.54. The Hall–Kier alpha value is -4.01. The summed E-state index contributed by atoms with van der Waals surface area (Å²) < 4.78 is 36.6. The first kappa shape index (κ1) is 23.3. The number of nitrogens with zero attached hydrogens (tertiary/aromatic N) is 3. The van der Waals surface area contributed by atoms with Crippen LogP contribution in [0.2, 0.25) is 0 Å². The second kappa shape index (κ2) is 9.66. The Morgan fingerprint density at radius 1 is 1.00 bits per heavy atom. The smallest absolute Gasteiger partial charge is 0.339 e. The zero-order valence-corrected chi connectivity index (χ0v) is 17.7. The number of aromatic nitrogens is 3. The van der Waals surface area contributed by atoms with Gasteiger partial charge < -0.3 is 20.1 Å². The predicted molar refractivity (Wildman–Crippen MR) is 106 cm³/mol. The van der Waals surface area contributed by atoms with Crippen molar-refractivity contribution in [2.75, 3.05) is 31.9 Å². The van der Waals surface area contributed by atoms with Crippen molar-refractivity contribution in [1.82, 2.24) is 25.0 Å². The summed E-state index contributed by atoms with van der Waals surface area (Å²) in [6.07, 6.45) is 0. The molecule has 0 atom stereocenters. The Kier molecular flexibility index (Phi) is 7.25. The molecule has 4 N–H and O–H groups in total. The van der Waals surface area contributed by atoms with E-state index >= 15 is 0 Å². The van der Waals surface area contributed by atoms with Crippen molar-refractivity contribution < 1.29 is 32.3 Å². The molecule has 166 valence electrons. The summed E-state index contributed by atoms with van der Waals surface area (Å²) in [6, 6.07) is 1.48. The molecule has 2 aromatic rings. The van der Waals surface area contributed by atoms with Crippen molar-refractivity contribution >= 4 is 39.7 Å². The number of carbonyl (C=O) groups excluding carboxylic acids is 3. The third-order valence-corrected chi connectivity index (χ3v) is 4.91. The third kappa shape index (κ3) is 5.99. The number of anilines is 2. The molecule has 0 unspecified atom stereocenters. The van der Waals surface area contributed by atoms with E-state index in [2.05, 4.69) is 35.6 Å². The van der Waals surface area contributed by atoms with Crippen LogP contribution in [0, 0.1) is 6.92 Å². The molecule has 31 heavy (non-hydrogen) atoms. The topological polar surface area (TPSA) is 191 Å². The molecule has 0 spiro atoms. The lowest BCUT2D eigenvalue weighted by Gasteiger charge is -2.13. The number of benzene rings is 1. The van der Waals surface area contributed by atoms with Gasteiger partial charge in [0, 0.05) is 12.7 Å². The molecule has 0 aliphatic heterocycles. The highest BCUT2D eigenvalue weighted by atomic mass is 32.2. The minimum absolute atomic E-state index is 0.0853. The number of urea groups is 2. The third-order valence-electron chi connectivity index (χ3n) is 3.52. The number of aryl methyl sites for hydroxylation is 1. The average molecular weight is 453 g/mol. The maximum atomic E-state index is 12.7. The van der Waals surface area contributed by atoms with E-state index in [0.717, 1.165) is 19.2 Å². The van der Waals surface area contributed by atoms with Gasteiger partial charge in [-0.3, -0.25) is 5.32 Å². The summed E-state index contributed by atoms with van der Waals surface area (Å²) in [6.45, 7) is 1.51. The van der Waals surface area contributed by atoms with Gasteiger partial charge in [0.1, 0.15) is 10.7 Å². The van der Waals surface area contributed by atoms with Gasteiger partial charge in [0.15, 0.2) is 0 Å². The molecule has 0 fully saturated rings. The number of methoxy groups -OCH3 is 2. The van der Waals surface area contributed by atoms with Crippen molar-refractivity contribution in [2.45, 2.75) is 11.8 Å². The number of rotatable bonds is 6. The van der Waals surface area contributed by atoms with E-state index in [9.17, 15) is 22.8 Å². The molecule has 2 rings (SSSR count). The number of esters is 1. The zero-order chi connectivity index (χ0) is 23.2. The first-order valence-electron chi connectivity index (χ1n) is 8.41. The van der Waals surface area contributed by atoms with Crippen molar-refractivity contribution in [2.24, 2.45) is 0 Å². The predicted octanol–water partition coefficient (Wildman–Crippen LogP) is 0.237. The fourth-order valence-electron chi connectivity index (χ4n) is 2.21. The Morgan fingerprint density at radius 2 is 1.71 bits per heavy atom. The van der Waals surface area contributed by atoms with Gasteiger partial charge in [0.2, 0.25) is 5.95 Å². The highest BCUT2D eigenvalue weighted by molar-refractivity contribution is 7.90. The number of carbonyl (C=O) groups is 3. The van der Waals surface area contributed by atoms with E-state index in [0.29, 0.717) is 0 Å². The summed E-state index contributed by atoms with van der Waals surface area (Å²) >= 11 is 0. The van der Waals surface area contributed by atoms with Crippen LogP contribution in [0.25, 0.3) is 0 Å². The van der Waals surface area contributed by atoms with Crippen LogP contribution in [0.3, 0.4) is 0 Å². The SMILES string of the molecule is CNC(=O)Nc1ccc(S(=O)(=O)NC(=O)Nc2nc(C)nc(OC)n2)c(C(=O)OC)c1. The van der Waals surface area contributed by atoms with Gasteiger partial charge in [-0.1, -0.05) is 0 Å². The highest BCUT2D eigenvalue weighted by Crippen LogP contribution is 2.21. The van der Waals surface area contributed by atoms with Crippen LogP contribution >= 0.6 is 0 Å². The summed E-state index contributed by atoms with van der Waals surface area (Å²) in [5.41, 5.74) is -0.287. The number of nitrogens with one attached hydrogen (secondary N) is 4. The molecule has 0 radical (unpaired) electrons. The molecule has 1 aromatic heterocycles. The van der Waals surface area contributed by atoms with Crippen LogP contribution in [-0.4, -0.2) is 62.7 Å². The lowest BCUT2D eigenvalue weighted by atomic mass is 10.2. The molecule has 15 heteroatoms. The second-order valence-corrected chi connectivity index (χ2v) is 7.31. The molecule has 1 aromatic carbocycles. The molecule has 0 bridgehead atoms. The van der Waals surface area contributed by atoms with E-state index < -0.39 is 38.5 Å². The summed E-state index contributed by atoms with van der Waals surface area (Å²) in [5.74, 6) is -1.04. The normalized spacial score (nSPS) is 10.6. The molecule has 14 nitrogen and oxygen atoms in total. The van der Waals surface area contributed by atoms with Crippen molar-refractivity contribution in [1.29, 1.82) is 0 Å². The largest absolute Gasteiger partial charge is 0.467 e. The number of amides is 4. The van der Waals surface area contributed by atoms with Crippen molar-refractivity contribution in [3.8, 4) is 6.01 Å². The lowest BCUT2D eigenvalue weighted by molar-refractivity contribution is 0.0596. The van der Waals surface area contributed by atoms with E-state index in [-0.39, 0.29) is 23.5 Å². The van der Waals surface area contributed by atoms with Crippen LogP contribution in [0.15, 0.2) is 23.1 Å². The van der Waals surface area contributed by atoms with E-state index in [1.807, 2.05) is 0 Å². The summed E-state index contributed by atoms with van der Waals surface area (Å²) in [7, 11) is -0.804. The fraction of sp³-hybridized carbons (Fsp3) is 0.250. The van der Waals surface area contributed by atoms with E-state index in [4.69, 9.17) is 4.74 Å². The van der Waals surface area contributed by atoms with Crippen LogP contribution in [-0.2, 0) is 14.8 Å². The Bertz CT molecular complexity index is 1120. The zero-order valence-electron chi connectivity index (χ0n) is 16.8. The summed E-state index contributed by atoms with van der Waals surface area (Å²) in [4.78, 5) is 46.6. The molecule has 0 aliphatic carbocycles. The highest BCUT2D eigenvalue weighted by Gasteiger charge is 2.26. The van der Waals surface area contributed by atoms with Gasteiger partial charge in [-0.15, -0.1) is 0 Å². The number of hydrogen-bond acceptors (Lipinski definition) is 10. The van der Waals surface area contributed by atoms with Gasteiger partial charge in [-0.25, -0.2) is 27.5 Å². The standard InChI is InChI=1S/C16H19N7O7S/c1-8-18-13(22-16(19-8)30-4)21-15(26)23-31(27,28)11-6-5-9(20-14(25)17-2)7-10(11)12(24)29-3/h5-7H,1-4H3,(H2,17,20,25)(H2,18,19,21,22,23,26). The van der Waals surface area contributed by atoms with Crippen LogP contribution in [0.5, 0.6) is 6.01 Å². The number of ether oxygens (including phenoxy) is 2. The maximum absolute atomic E-state index is 12.7. The average Bonchev–Trinajstić information content (AvgIpc) is 2.71. The van der Waals surface area contributed by atoms with Crippen LogP contribution < -0.4 is 25.4 Å². The quantitative estimate of drug-likeness (QED) is 0.440. The fourth-order valence-corrected chi connectivity index (χ4v) is 3.30. The van der Waals surface area contributed by atoms with Crippen molar-refractivity contribution in [3.63, 3.8) is 0 Å². The second-order valence-electron chi connectivity index (χ2n) is 5.66. The monoisotopic (exact) mass is 453 g/mol. The Balaban J connectivity index is 2.31. The van der Waals surface area contributed by atoms with Gasteiger partial charge in [0.25, 0.3) is 10.0 Å². The van der Waals surface area contributed by atoms with Gasteiger partial charge in [-0.2, -0.15) is 15.0 Å². The van der Waals surface area contributed by atoms with Crippen molar-refractivity contribution in [3.05, 3.63) is 29.6 Å². The molecule has 0 aliphatic rings. The van der Waals surface area contributed by atoms with Crippen LogP contribution in [0.1, 0.15) is 16.2 Å². The number of hydrogen-bond donors (Lipinski definition) is 4. The maximum Gasteiger partial charge on any atom is 0.339 e. The number of sulfonamides is 1. The molecule has 0 saturated heterocycles. The molecular formula is C16H19N7O7S. The Labute approximate surface area is 176 Å². The van der Waals surface area contributed by atoms with Gasteiger partial charge in [-0.05, 0) is 25.1 Å². The molecule has 1 heterocycles. The molecular weight excluding hydrogens is 434 g/mol. The molecule has 0 saturated carbocycles. The lowest BCUT2D eigenvalue weighted by Crippen LogP contribution is -2.35. The first-order valence-corrected chi connectivity index (χ1v) is 9.89. The first-order chi connectivity index (χ1) is 14.6. The van der Waals surface area contributed by atoms with E-state index in [1.54, 1.807) is 4.72 Å². The van der Waals surface area contributed by atoms with Crippen LogP contribution in [0.4, 0.5) is 21.2 Å². The van der Waals surface area contributed by atoms with Gasteiger partial charge in [0.05, 0.1) is 19.8 Å². The summed E-state index contributed by atoms with van der Waals surface area (Å²) in [5, 5.41) is 6.84.